The van der Waals surface area contributed by atoms with Crippen LogP contribution in [-0.2, 0) is 4.79 Å². The molecule has 0 unspecified atom stereocenters. The lowest BCUT2D eigenvalue weighted by molar-refractivity contribution is -0.123. The number of nitrogens with one attached hydrogen (secondary N) is 2. The third kappa shape index (κ3) is 5.58. The van der Waals surface area contributed by atoms with Crippen molar-refractivity contribution in [2.45, 2.75) is 41.0 Å². The Hall–Kier alpha value is -2.82. The maximum Gasteiger partial charge on any atom is 0.259 e. The first-order valence-electron chi connectivity index (χ1n) is 9.17. The minimum atomic E-state index is -0.471. The normalized spacial score (nSPS) is 11.0. The average molecular weight is 368 g/mol. The lowest BCUT2D eigenvalue weighted by atomic mass is 9.95. The number of ether oxygens (including phenoxy) is 1. The molecule has 5 heteroatoms. The van der Waals surface area contributed by atoms with E-state index in [0.29, 0.717) is 23.6 Å². The molecule has 2 aromatic carbocycles. The zero-order valence-corrected chi connectivity index (χ0v) is 16.7. The molecule has 5 nitrogen and oxygen atoms in total. The summed E-state index contributed by atoms with van der Waals surface area (Å²) in [5.41, 5.74) is 2.30. The van der Waals surface area contributed by atoms with Crippen molar-refractivity contribution in [1.82, 2.24) is 0 Å². The van der Waals surface area contributed by atoms with Crippen LogP contribution in [-0.4, -0.2) is 18.4 Å². The summed E-state index contributed by atoms with van der Waals surface area (Å²) in [6.07, 6.45) is 0.872. The van der Waals surface area contributed by atoms with Gasteiger partial charge in [-0.1, -0.05) is 39.8 Å². The predicted octanol–water partition coefficient (Wildman–Crippen LogP) is 5.02. The second-order valence-electron chi connectivity index (χ2n) is 7.53. The van der Waals surface area contributed by atoms with Crippen LogP contribution in [0, 0.1) is 12.3 Å². The molecule has 0 aliphatic carbocycles. The molecule has 0 fully saturated rings. The summed E-state index contributed by atoms with van der Waals surface area (Å²) in [5.74, 6) is 0.291. The van der Waals surface area contributed by atoms with E-state index in [1.807, 2.05) is 52.8 Å². The molecule has 0 saturated heterocycles. The Bertz CT molecular complexity index is 823. The van der Waals surface area contributed by atoms with Gasteiger partial charge in [0.25, 0.3) is 5.91 Å². The van der Waals surface area contributed by atoms with Crippen LogP contribution >= 0.6 is 0 Å². The first-order chi connectivity index (χ1) is 12.7. The second kappa shape index (κ2) is 8.71. The Labute approximate surface area is 161 Å². The van der Waals surface area contributed by atoms with E-state index in [0.717, 1.165) is 17.7 Å². The van der Waals surface area contributed by atoms with Crippen LogP contribution in [0.1, 0.15) is 50.0 Å². The van der Waals surface area contributed by atoms with Crippen LogP contribution in [0.25, 0.3) is 0 Å². The van der Waals surface area contributed by atoms with E-state index in [9.17, 15) is 9.59 Å². The molecular formula is C22H28N2O3. The van der Waals surface area contributed by atoms with E-state index in [4.69, 9.17) is 4.74 Å². The van der Waals surface area contributed by atoms with Gasteiger partial charge in [0, 0.05) is 16.8 Å². The van der Waals surface area contributed by atoms with Crippen LogP contribution in [0.4, 0.5) is 11.4 Å². The highest BCUT2D eigenvalue weighted by Gasteiger charge is 2.21. The summed E-state index contributed by atoms with van der Waals surface area (Å²) >= 11 is 0. The van der Waals surface area contributed by atoms with Gasteiger partial charge in [0.2, 0.25) is 5.91 Å². The van der Waals surface area contributed by atoms with Gasteiger partial charge in [-0.25, -0.2) is 0 Å². The van der Waals surface area contributed by atoms with Gasteiger partial charge in [-0.05, 0) is 49.2 Å². The average Bonchev–Trinajstić information content (AvgIpc) is 2.61. The maximum atomic E-state index is 12.6. The number of aryl methyl sites for hydroxylation is 1. The molecule has 2 N–H and O–H groups in total. The third-order valence-corrected chi connectivity index (χ3v) is 4.01. The van der Waals surface area contributed by atoms with E-state index in [2.05, 4.69) is 10.6 Å². The smallest absolute Gasteiger partial charge is 0.259 e. The van der Waals surface area contributed by atoms with Crippen molar-refractivity contribution in [2.24, 2.45) is 5.41 Å². The molecule has 0 aliphatic rings. The van der Waals surface area contributed by atoms with Gasteiger partial charge in [0.1, 0.15) is 5.75 Å². The van der Waals surface area contributed by atoms with Crippen molar-refractivity contribution in [1.29, 1.82) is 0 Å². The Morgan fingerprint density at radius 2 is 1.74 bits per heavy atom. The fraction of sp³-hybridized carbons (Fsp3) is 0.364. The fourth-order valence-electron chi connectivity index (χ4n) is 2.38. The number of hydrogen-bond donors (Lipinski definition) is 2. The number of carbonyl (C=O) groups excluding carboxylic acids is 2. The van der Waals surface area contributed by atoms with Crippen LogP contribution in [0.3, 0.4) is 0 Å². The SMILES string of the molecule is CCCOc1ccccc1C(=O)Nc1ccc(NC(=O)C(C)(C)C)c(C)c1. The minimum absolute atomic E-state index is 0.0515. The van der Waals surface area contributed by atoms with Gasteiger partial charge in [0.05, 0.1) is 12.2 Å². The summed E-state index contributed by atoms with van der Waals surface area (Å²) in [6.45, 7) is 10.1. The lowest BCUT2D eigenvalue weighted by Gasteiger charge is -2.19. The van der Waals surface area contributed by atoms with Gasteiger partial charge in [0.15, 0.2) is 0 Å². The monoisotopic (exact) mass is 368 g/mol. The van der Waals surface area contributed by atoms with Gasteiger partial charge in [-0.2, -0.15) is 0 Å². The maximum absolute atomic E-state index is 12.6. The lowest BCUT2D eigenvalue weighted by Crippen LogP contribution is -2.27. The van der Waals surface area contributed by atoms with Gasteiger partial charge in [-0.15, -0.1) is 0 Å². The van der Waals surface area contributed by atoms with Gasteiger partial charge >= 0.3 is 0 Å². The number of benzene rings is 2. The summed E-state index contributed by atoms with van der Waals surface area (Å²) in [6, 6.07) is 12.6. The molecule has 2 rings (SSSR count). The highest BCUT2D eigenvalue weighted by atomic mass is 16.5. The Morgan fingerprint density at radius 3 is 2.37 bits per heavy atom. The number of amides is 2. The molecule has 0 saturated carbocycles. The number of anilines is 2. The van der Waals surface area contributed by atoms with Crippen LogP contribution in [0.5, 0.6) is 5.75 Å². The zero-order chi connectivity index (χ0) is 20.0. The molecule has 2 aromatic rings. The van der Waals surface area contributed by atoms with E-state index < -0.39 is 5.41 Å². The topological polar surface area (TPSA) is 67.4 Å². The minimum Gasteiger partial charge on any atom is -0.493 e. The number of rotatable bonds is 6. The van der Waals surface area contributed by atoms with Crippen LogP contribution in [0.2, 0.25) is 0 Å². The zero-order valence-electron chi connectivity index (χ0n) is 16.7. The first kappa shape index (κ1) is 20.5. The molecule has 0 aromatic heterocycles. The molecule has 0 heterocycles. The molecular weight excluding hydrogens is 340 g/mol. The van der Waals surface area contributed by atoms with Crippen molar-refractivity contribution >= 4 is 23.2 Å². The molecule has 0 aliphatic heterocycles. The van der Waals surface area contributed by atoms with E-state index in [-0.39, 0.29) is 11.8 Å². The molecule has 144 valence electrons. The highest BCUT2D eigenvalue weighted by Crippen LogP contribution is 2.24. The fourth-order valence-corrected chi connectivity index (χ4v) is 2.38. The third-order valence-electron chi connectivity index (χ3n) is 4.01. The molecule has 0 atom stereocenters. The largest absolute Gasteiger partial charge is 0.493 e. The molecule has 0 spiro atoms. The summed E-state index contributed by atoms with van der Waals surface area (Å²) < 4.78 is 5.66. The summed E-state index contributed by atoms with van der Waals surface area (Å²) in [7, 11) is 0. The highest BCUT2D eigenvalue weighted by molar-refractivity contribution is 6.06. The van der Waals surface area contributed by atoms with E-state index >= 15 is 0 Å². The summed E-state index contributed by atoms with van der Waals surface area (Å²) in [4.78, 5) is 24.8. The van der Waals surface area contributed by atoms with Gasteiger partial charge < -0.3 is 15.4 Å². The predicted molar refractivity (Wildman–Crippen MR) is 109 cm³/mol. The van der Waals surface area contributed by atoms with Crippen molar-refractivity contribution in [3.8, 4) is 5.75 Å². The van der Waals surface area contributed by atoms with E-state index in [1.54, 1.807) is 24.3 Å². The van der Waals surface area contributed by atoms with Crippen LogP contribution in [0.15, 0.2) is 42.5 Å². The van der Waals surface area contributed by atoms with Crippen molar-refractivity contribution in [2.75, 3.05) is 17.2 Å². The molecule has 27 heavy (non-hydrogen) atoms. The number of hydrogen-bond acceptors (Lipinski definition) is 3. The van der Waals surface area contributed by atoms with E-state index in [1.165, 1.54) is 0 Å². The standard InChI is InChI=1S/C22H28N2O3/c1-6-13-27-19-10-8-7-9-17(19)20(25)23-16-11-12-18(15(2)14-16)24-21(26)22(3,4)5/h7-12,14H,6,13H2,1-5H3,(H,23,25)(H,24,26). The second-order valence-corrected chi connectivity index (χ2v) is 7.53. The number of carbonyl (C=O) groups is 2. The summed E-state index contributed by atoms with van der Waals surface area (Å²) in [5, 5.41) is 5.82. The van der Waals surface area contributed by atoms with Crippen molar-refractivity contribution < 1.29 is 14.3 Å². The Morgan fingerprint density at radius 1 is 1.04 bits per heavy atom. The van der Waals surface area contributed by atoms with Crippen molar-refractivity contribution in [3.05, 3.63) is 53.6 Å². The van der Waals surface area contributed by atoms with Crippen LogP contribution < -0.4 is 15.4 Å². The molecule has 0 radical (unpaired) electrons. The first-order valence-corrected chi connectivity index (χ1v) is 9.17. The van der Waals surface area contributed by atoms with Gasteiger partial charge in [-0.3, -0.25) is 9.59 Å². The quantitative estimate of drug-likeness (QED) is 0.752. The Balaban J connectivity index is 2.13. The number of para-hydroxylation sites is 1. The molecule has 2 amide bonds. The van der Waals surface area contributed by atoms with Crippen molar-refractivity contribution in [3.63, 3.8) is 0 Å². The molecule has 0 bridgehead atoms. The Kier molecular flexibility index (Phi) is 6.61.